The fourth-order valence-electron chi connectivity index (χ4n) is 1.79. The van der Waals surface area contributed by atoms with Crippen LogP contribution < -0.4 is 10.6 Å². The van der Waals surface area contributed by atoms with Gasteiger partial charge in [-0.2, -0.15) is 0 Å². The number of aromatic nitrogens is 1. The molecule has 0 aliphatic heterocycles. The van der Waals surface area contributed by atoms with Crippen LogP contribution in [0.5, 0.6) is 0 Å². The molecule has 0 bridgehead atoms. The highest BCUT2D eigenvalue weighted by atomic mass is 32.1. The molecule has 1 unspecified atom stereocenters. The van der Waals surface area contributed by atoms with Gasteiger partial charge in [0.1, 0.15) is 0 Å². The molecule has 5 heteroatoms. The third kappa shape index (κ3) is 4.43. The summed E-state index contributed by atoms with van der Waals surface area (Å²) in [4.78, 5) is 16.2. The summed E-state index contributed by atoms with van der Waals surface area (Å²) >= 11 is 1.62. The summed E-state index contributed by atoms with van der Waals surface area (Å²) in [5, 5.41) is 9.14. The molecule has 2 aromatic rings. The van der Waals surface area contributed by atoms with Crippen LogP contribution in [-0.2, 0) is 11.3 Å². The zero-order chi connectivity index (χ0) is 14.4. The molecule has 1 aromatic heterocycles. The highest BCUT2D eigenvalue weighted by Gasteiger charge is 2.10. The lowest BCUT2D eigenvalue weighted by molar-refractivity contribution is -0.120. The van der Waals surface area contributed by atoms with Crippen LogP contribution in [0, 0.1) is 6.92 Å². The van der Waals surface area contributed by atoms with Crippen LogP contribution in [0.25, 0.3) is 0 Å². The Balaban J connectivity index is 1.72. The molecule has 106 valence electrons. The first-order valence-corrected chi connectivity index (χ1v) is 7.49. The van der Waals surface area contributed by atoms with Crippen molar-refractivity contribution in [3.8, 4) is 0 Å². The molecule has 2 N–H and O–H groups in total. The van der Waals surface area contributed by atoms with Crippen LogP contribution >= 0.6 is 11.3 Å². The van der Waals surface area contributed by atoms with E-state index in [1.165, 1.54) is 0 Å². The summed E-state index contributed by atoms with van der Waals surface area (Å²) in [7, 11) is 0. The predicted octanol–water partition coefficient (Wildman–Crippen LogP) is 2.42. The second-order valence-electron chi connectivity index (χ2n) is 4.66. The molecular formula is C15H19N3OS. The highest BCUT2D eigenvalue weighted by molar-refractivity contribution is 7.09. The molecule has 1 heterocycles. The van der Waals surface area contributed by atoms with Gasteiger partial charge in [-0.05, 0) is 19.4 Å². The molecule has 1 aromatic carbocycles. The minimum absolute atomic E-state index is 0.00680. The Morgan fingerprint density at radius 2 is 2.10 bits per heavy atom. The number of hydrogen-bond acceptors (Lipinski definition) is 4. The average Bonchev–Trinajstić information content (AvgIpc) is 2.90. The molecule has 0 spiro atoms. The SMILES string of the molecule is Cc1nc(C(C)NCC(=O)NCc2ccccc2)cs1. The Labute approximate surface area is 123 Å². The van der Waals surface area contributed by atoms with Crippen molar-refractivity contribution in [2.75, 3.05) is 6.54 Å². The second-order valence-corrected chi connectivity index (χ2v) is 5.72. The number of hydrogen-bond donors (Lipinski definition) is 2. The first-order chi connectivity index (χ1) is 9.65. The molecule has 1 atom stereocenters. The van der Waals surface area contributed by atoms with Gasteiger partial charge in [-0.15, -0.1) is 11.3 Å². The zero-order valence-corrected chi connectivity index (χ0v) is 12.5. The highest BCUT2D eigenvalue weighted by Crippen LogP contribution is 2.15. The monoisotopic (exact) mass is 289 g/mol. The Hall–Kier alpha value is -1.72. The van der Waals surface area contributed by atoms with Gasteiger partial charge in [0.15, 0.2) is 0 Å². The van der Waals surface area contributed by atoms with Crippen LogP contribution in [0.1, 0.15) is 29.2 Å². The topological polar surface area (TPSA) is 54.0 Å². The van der Waals surface area contributed by atoms with Crippen molar-refractivity contribution in [3.05, 3.63) is 52.0 Å². The molecule has 0 saturated heterocycles. The van der Waals surface area contributed by atoms with E-state index in [1.807, 2.05) is 49.6 Å². The lowest BCUT2D eigenvalue weighted by Gasteiger charge is -2.11. The van der Waals surface area contributed by atoms with Gasteiger partial charge in [0, 0.05) is 18.0 Å². The summed E-state index contributed by atoms with van der Waals surface area (Å²) in [6.07, 6.45) is 0. The molecule has 20 heavy (non-hydrogen) atoms. The maximum atomic E-state index is 11.8. The molecule has 4 nitrogen and oxygen atoms in total. The third-order valence-corrected chi connectivity index (χ3v) is 3.77. The zero-order valence-electron chi connectivity index (χ0n) is 11.7. The summed E-state index contributed by atoms with van der Waals surface area (Å²) in [5.74, 6) is -0.00680. The van der Waals surface area contributed by atoms with Crippen molar-refractivity contribution < 1.29 is 4.79 Å². The van der Waals surface area contributed by atoms with Gasteiger partial charge in [0.2, 0.25) is 5.91 Å². The Bertz CT molecular complexity index is 553. The quantitative estimate of drug-likeness (QED) is 0.858. The molecule has 0 saturated carbocycles. The molecule has 2 rings (SSSR count). The maximum absolute atomic E-state index is 11.8. The predicted molar refractivity (Wildman–Crippen MR) is 81.6 cm³/mol. The normalized spacial score (nSPS) is 12.1. The number of benzene rings is 1. The number of thiazole rings is 1. The summed E-state index contributed by atoms with van der Waals surface area (Å²) in [6.45, 7) is 4.85. The fraction of sp³-hybridized carbons (Fsp3) is 0.333. The number of nitrogens with zero attached hydrogens (tertiary/aromatic N) is 1. The molecule has 0 aliphatic rings. The minimum Gasteiger partial charge on any atom is -0.351 e. The third-order valence-electron chi connectivity index (χ3n) is 2.98. The lowest BCUT2D eigenvalue weighted by Crippen LogP contribution is -2.34. The summed E-state index contributed by atoms with van der Waals surface area (Å²) in [6, 6.07) is 9.97. The second kappa shape index (κ2) is 7.17. The largest absolute Gasteiger partial charge is 0.351 e. The van der Waals surface area contributed by atoms with Gasteiger partial charge in [0.25, 0.3) is 0 Å². The van der Waals surface area contributed by atoms with E-state index in [4.69, 9.17) is 0 Å². The number of carbonyl (C=O) groups excluding carboxylic acids is 1. The van der Waals surface area contributed by atoms with Crippen molar-refractivity contribution in [2.45, 2.75) is 26.4 Å². The van der Waals surface area contributed by atoms with Crippen molar-refractivity contribution in [1.29, 1.82) is 0 Å². The summed E-state index contributed by atoms with van der Waals surface area (Å²) < 4.78 is 0. The van der Waals surface area contributed by atoms with E-state index >= 15 is 0 Å². The van der Waals surface area contributed by atoms with Crippen molar-refractivity contribution in [3.63, 3.8) is 0 Å². The van der Waals surface area contributed by atoms with E-state index in [9.17, 15) is 4.79 Å². The number of rotatable bonds is 6. The number of carbonyl (C=O) groups is 1. The van der Waals surface area contributed by atoms with Crippen LogP contribution in [0.15, 0.2) is 35.7 Å². The van der Waals surface area contributed by atoms with E-state index in [2.05, 4.69) is 15.6 Å². The van der Waals surface area contributed by atoms with Gasteiger partial charge < -0.3 is 10.6 Å². The Morgan fingerprint density at radius 3 is 2.75 bits per heavy atom. The molecule has 0 radical (unpaired) electrons. The van der Waals surface area contributed by atoms with Gasteiger partial charge in [0.05, 0.1) is 17.2 Å². The van der Waals surface area contributed by atoms with Gasteiger partial charge >= 0.3 is 0 Å². The summed E-state index contributed by atoms with van der Waals surface area (Å²) in [5.41, 5.74) is 2.09. The molecule has 1 amide bonds. The Kier molecular flexibility index (Phi) is 5.26. The number of amides is 1. The van der Waals surface area contributed by atoms with Gasteiger partial charge in [-0.25, -0.2) is 4.98 Å². The van der Waals surface area contributed by atoms with Crippen LogP contribution in [-0.4, -0.2) is 17.4 Å². The number of nitrogens with one attached hydrogen (secondary N) is 2. The van der Waals surface area contributed by atoms with E-state index in [0.717, 1.165) is 16.3 Å². The van der Waals surface area contributed by atoms with Crippen molar-refractivity contribution in [2.24, 2.45) is 0 Å². The van der Waals surface area contributed by atoms with Crippen molar-refractivity contribution in [1.82, 2.24) is 15.6 Å². The smallest absolute Gasteiger partial charge is 0.234 e. The standard InChI is InChI=1S/C15H19N3OS/c1-11(14-10-20-12(2)18-14)16-9-15(19)17-8-13-6-4-3-5-7-13/h3-7,10-11,16H,8-9H2,1-2H3,(H,17,19). The van der Waals surface area contributed by atoms with E-state index in [-0.39, 0.29) is 11.9 Å². The van der Waals surface area contributed by atoms with Crippen molar-refractivity contribution >= 4 is 17.2 Å². The first kappa shape index (κ1) is 14.7. The fourth-order valence-corrected chi connectivity index (χ4v) is 2.49. The van der Waals surface area contributed by atoms with E-state index in [0.29, 0.717) is 13.1 Å². The van der Waals surface area contributed by atoms with Gasteiger partial charge in [-0.3, -0.25) is 4.79 Å². The first-order valence-electron chi connectivity index (χ1n) is 6.61. The molecule has 0 aliphatic carbocycles. The van der Waals surface area contributed by atoms with Crippen LogP contribution in [0.2, 0.25) is 0 Å². The van der Waals surface area contributed by atoms with E-state index < -0.39 is 0 Å². The molecular weight excluding hydrogens is 270 g/mol. The van der Waals surface area contributed by atoms with Crippen LogP contribution in [0.3, 0.4) is 0 Å². The maximum Gasteiger partial charge on any atom is 0.234 e. The van der Waals surface area contributed by atoms with Crippen LogP contribution in [0.4, 0.5) is 0 Å². The average molecular weight is 289 g/mol. The minimum atomic E-state index is -0.00680. The lowest BCUT2D eigenvalue weighted by atomic mass is 10.2. The van der Waals surface area contributed by atoms with Gasteiger partial charge in [-0.1, -0.05) is 30.3 Å². The Morgan fingerprint density at radius 1 is 1.35 bits per heavy atom. The number of aryl methyl sites for hydroxylation is 1. The van der Waals surface area contributed by atoms with E-state index in [1.54, 1.807) is 11.3 Å². The molecule has 0 fully saturated rings.